The summed E-state index contributed by atoms with van der Waals surface area (Å²) < 4.78 is 50.7. The summed E-state index contributed by atoms with van der Waals surface area (Å²) in [5.41, 5.74) is 0.138. The third-order valence-corrected chi connectivity index (χ3v) is 8.79. The number of nitrogens with zero attached hydrogens (tertiary/aromatic N) is 1. The van der Waals surface area contributed by atoms with Crippen LogP contribution >= 0.6 is 11.6 Å². The Morgan fingerprint density at radius 2 is 1.70 bits per heavy atom. The zero-order chi connectivity index (χ0) is 28.6. The molecule has 1 N–H and O–H groups in total. The van der Waals surface area contributed by atoms with E-state index in [2.05, 4.69) is 0 Å². The number of hydrogen-bond donors (Lipinski definition) is 1. The largest absolute Gasteiger partial charge is 0.493 e. The number of hydrogen-bond acceptors (Lipinski definition) is 8. The summed E-state index contributed by atoms with van der Waals surface area (Å²) in [5.74, 6) is -0.407. The molecule has 12 heteroatoms. The van der Waals surface area contributed by atoms with E-state index in [4.69, 9.17) is 30.2 Å². The highest BCUT2D eigenvalue weighted by Crippen LogP contribution is 2.42. The van der Waals surface area contributed by atoms with Gasteiger partial charge in [0.05, 0.1) is 41.6 Å². The lowest BCUT2D eigenvalue weighted by Crippen LogP contribution is -2.40. The number of fused-ring (bicyclic) bond motifs is 1. The minimum Gasteiger partial charge on any atom is -0.493 e. The second-order valence-electron chi connectivity index (χ2n) is 9.01. The van der Waals surface area contributed by atoms with Crippen molar-refractivity contribution in [2.45, 2.75) is 23.5 Å². The number of halogens is 1. The lowest BCUT2D eigenvalue weighted by Gasteiger charge is -2.21. The van der Waals surface area contributed by atoms with Gasteiger partial charge in [0, 0.05) is 18.6 Å². The van der Waals surface area contributed by atoms with Crippen LogP contribution in [0.1, 0.15) is 6.42 Å². The van der Waals surface area contributed by atoms with Crippen LogP contribution in [0.4, 0.5) is 0 Å². The van der Waals surface area contributed by atoms with Crippen molar-refractivity contribution in [1.82, 2.24) is 4.31 Å². The molecule has 0 unspecified atom stereocenters. The molecule has 0 amide bonds. The van der Waals surface area contributed by atoms with Crippen molar-refractivity contribution in [3.8, 4) is 28.6 Å². The first-order valence-corrected chi connectivity index (χ1v) is 13.9. The molecule has 0 saturated carbocycles. The molecule has 1 aliphatic heterocycles. The normalized spacial score (nSPS) is 17.6. The third-order valence-electron chi connectivity index (χ3n) is 6.60. The minimum atomic E-state index is -4.13. The van der Waals surface area contributed by atoms with Gasteiger partial charge in [-0.05, 0) is 30.3 Å². The minimum absolute atomic E-state index is 0.0245. The van der Waals surface area contributed by atoms with Gasteiger partial charge in [-0.3, -0.25) is 9.59 Å². The van der Waals surface area contributed by atoms with Gasteiger partial charge in [-0.15, -0.1) is 0 Å². The highest BCUT2D eigenvalue weighted by Gasteiger charge is 2.45. The Morgan fingerprint density at radius 3 is 2.38 bits per heavy atom. The van der Waals surface area contributed by atoms with E-state index in [-0.39, 0.29) is 45.4 Å². The fraction of sp³-hybridized carbons (Fsp3) is 0.214. The summed E-state index contributed by atoms with van der Waals surface area (Å²) in [7, 11) is -1.25. The Hall–Kier alpha value is -4.06. The average Bonchev–Trinajstić information content (AvgIpc) is 3.39. The topological polar surface area (TPSA) is 133 Å². The number of carboxylic acids is 1. The predicted molar refractivity (Wildman–Crippen MR) is 147 cm³/mol. The number of rotatable bonds is 8. The Morgan fingerprint density at radius 1 is 1.00 bits per heavy atom. The van der Waals surface area contributed by atoms with E-state index in [0.29, 0.717) is 22.4 Å². The number of methoxy groups -OCH3 is 2. The van der Waals surface area contributed by atoms with Crippen LogP contribution in [0.3, 0.4) is 0 Å². The van der Waals surface area contributed by atoms with Crippen molar-refractivity contribution in [2.75, 3.05) is 20.8 Å². The zero-order valence-electron chi connectivity index (χ0n) is 21.4. The molecule has 4 aromatic rings. The van der Waals surface area contributed by atoms with Gasteiger partial charge in [0.25, 0.3) is 0 Å². The van der Waals surface area contributed by atoms with Crippen molar-refractivity contribution in [2.24, 2.45) is 0 Å². The molecule has 5 rings (SSSR count). The molecular formula is C28H24ClNO9S. The highest BCUT2D eigenvalue weighted by atomic mass is 35.5. The molecule has 3 aromatic carbocycles. The molecule has 0 spiro atoms. The number of sulfonamides is 1. The van der Waals surface area contributed by atoms with Crippen LogP contribution in [-0.2, 0) is 14.8 Å². The molecule has 2 heterocycles. The van der Waals surface area contributed by atoms with Crippen molar-refractivity contribution >= 4 is 38.6 Å². The Kier molecular flexibility index (Phi) is 7.45. The maximum absolute atomic E-state index is 13.3. The van der Waals surface area contributed by atoms with E-state index in [1.54, 1.807) is 42.5 Å². The van der Waals surface area contributed by atoms with Crippen molar-refractivity contribution in [3.05, 3.63) is 82.0 Å². The number of carbonyl (C=O) groups is 1. The van der Waals surface area contributed by atoms with E-state index in [0.717, 1.165) is 4.31 Å². The number of ether oxygens (including phenoxy) is 3. The van der Waals surface area contributed by atoms with E-state index < -0.39 is 28.1 Å². The van der Waals surface area contributed by atoms with E-state index in [1.807, 2.05) is 0 Å². The fourth-order valence-corrected chi connectivity index (χ4v) is 6.54. The average molecular weight is 586 g/mol. The third kappa shape index (κ3) is 4.99. The Labute approximate surface area is 234 Å². The van der Waals surface area contributed by atoms with Gasteiger partial charge in [-0.1, -0.05) is 35.9 Å². The highest BCUT2D eigenvalue weighted by molar-refractivity contribution is 7.89. The van der Waals surface area contributed by atoms with E-state index >= 15 is 0 Å². The molecule has 208 valence electrons. The van der Waals surface area contributed by atoms with Crippen LogP contribution in [0.15, 0.2) is 80.8 Å². The van der Waals surface area contributed by atoms with Gasteiger partial charge in [-0.25, -0.2) is 8.42 Å². The van der Waals surface area contributed by atoms with Gasteiger partial charge < -0.3 is 23.7 Å². The lowest BCUT2D eigenvalue weighted by molar-refractivity contribution is -0.140. The molecule has 0 radical (unpaired) electrons. The quantitative estimate of drug-likeness (QED) is 0.319. The smallest absolute Gasteiger partial charge is 0.322 e. The summed E-state index contributed by atoms with van der Waals surface area (Å²) in [6, 6.07) is 15.4. The van der Waals surface area contributed by atoms with E-state index in [9.17, 15) is 23.1 Å². The molecule has 1 aliphatic rings. The maximum atomic E-state index is 13.3. The molecule has 40 heavy (non-hydrogen) atoms. The van der Waals surface area contributed by atoms with Crippen molar-refractivity contribution in [3.63, 3.8) is 0 Å². The van der Waals surface area contributed by atoms with Crippen LogP contribution in [0.2, 0.25) is 5.02 Å². The molecule has 0 bridgehead atoms. The first-order chi connectivity index (χ1) is 19.1. The summed E-state index contributed by atoms with van der Waals surface area (Å²) in [6.07, 6.45) is -0.977. The van der Waals surface area contributed by atoms with Crippen LogP contribution in [-0.4, -0.2) is 56.7 Å². The Bertz CT molecular complexity index is 1760. The molecule has 1 saturated heterocycles. The number of benzene rings is 3. The van der Waals surface area contributed by atoms with Gasteiger partial charge in [0.1, 0.15) is 23.7 Å². The second kappa shape index (κ2) is 10.8. The monoisotopic (exact) mass is 585 g/mol. The summed E-state index contributed by atoms with van der Waals surface area (Å²) in [6.45, 7) is -0.227. The number of carboxylic acid groups (broad SMARTS) is 1. The standard InChI is InChI=1S/C28H24ClNO9S/c1-36-25-12-19(23-13-22(31)18-9-6-10-20(29)27(18)39-23)24(14-26(25)37-2)38-16-11-21(28(32)33)30(15-16)40(34,35)17-7-4-3-5-8-17/h3-10,12-14,16,21H,11,15H2,1-2H3,(H,32,33)/t16-,21-/m0/s1. The van der Waals surface area contributed by atoms with Crippen molar-refractivity contribution < 1.29 is 36.9 Å². The Balaban J connectivity index is 1.58. The van der Waals surface area contributed by atoms with Crippen molar-refractivity contribution in [1.29, 1.82) is 0 Å². The molecule has 1 fully saturated rings. The molecule has 10 nitrogen and oxygen atoms in total. The first kappa shape index (κ1) is 27.5. The molecule has 1 aromatic heterocycles. The van der Waals surface area contributed by atoms with E-state index in [1.165, 1.54) is 38.5 Å². The molecular weight excluding hydrogens is 562 g/mol. The number of para-hydroxylation sites is 1. The number of aliphatic carboxylic acids is 1. The summed E-state index contributed by atoms with van der Waals surface area (Å²) in [5, 5.41) is 10.4. The van der Waals surface area contributed by atoms with Gasteiger partial charge in [-0.2, -0.15) is 4.31 Å². The van der Waals surface area contributed by atoms with Gasteiger partial charge in [0.15, 0.2) is 22.5 Å². The fourth-order valence-electron chi connectivity index (χ4n) is 4.68. The zero-order valence-corrected chi connectivity index (χ0v) is 22.9. The second-order valence-corrected chi connectivity index (χ2v) is 11.3. The van der Waals surface area contributed by atoms with Crippen LogP contribution in [0.5, 0.6) is 17.2 Å². The SMILES string of the molecule is COc1cc(O[C@H]2C[C@@H](C(=O)O)N(S(=O)(=O)c3ccccc3)C2)c(-c2cc(=O)c3cccc(Cl)c3o2)cc1OC. The van der Waals surface area contributed by atoms with Crippen LogP contribution < -0.4 is 19.6 Å². The summed E-state index contributed by atoms with van der Waals surface area (Å²) >= 11 is 6.30. The molecule has 0 aliphatic carbocycles. The maximum Gasteiger partial charge on any atom is 0.322 e. The first-order valence-electron chi connectivity index (χ1n) is 12.1. The predicted octanol–water partition coefficient (Wildman–Crippen LogP) is 4.43. The van der Waals surface area contributed by atoms with Gasteiger partial charge in [0.2, 0.25) is 10.0 Å². The van der Waals surface area contributed by atoms with Crippen LogP contribution in [0.25, 0.3) is 22.3 Å². The lowest BCUT2D eigenvalue weighted by atomic mass is 10.1. The molecule has 2 atom stereocenters. The van der Waals surface area contributed by atoms with Crippen LogP contribution in [0, 0.1) is 0 Å². The summed E-state index contributed by atoms with van der Waals surface area (Å²) in [4.78, 5) is 25.0. The van der Waals surface area contributed by atoms with Gasteiger partial charge >= 0.3 is 5.97 Å².